The number of benzene rings is 1. The molecule has 2 saturated heterocycles. The summed E-state index contributed by atoms with van der Waals surface area (Å²) in [5, 5.41) is 8.33. The van der Waals surface area contributed by atoms with Crippen molar-refractivity contribution < 1.29 is 9.53 Å². The van der Waals surface area contributed by atoms with E-state index in [4.69, 9.17) is 4.74 Å². The van der Waals surface area contributed by atoms with Crippen LogP contribution in [0.15, 0.2) is 30.5 Å². The molecule has 3 fully saturated rings. The average Bonchev–Trinajstić information content (AvgIpc) is 3.09. The first kappa shape index (κ1) is 18.6. The molecule has 29 heavy (non-hydrogen) atoms. The zero-order valence-electron chi connectivity index (χ0n) is 16.9. The van der Waals surface area contributed by atoms with E-state index in [2.05, 4.69) is 15.2 Å². The zero-order valence-corrected chi connectivity index (χ0v) is 16.9. The summed E-state index contributed by atoms with van der Waals surface area (Å²) in [5.74, 6) is 1.04. The second-order valence-corrected chi connectivity index (χ2v) is 8.50. The molecule has 0 bridgehead atoms. The molecule has 2 aliphatic heterocycles. The smallest absolute Gasteiger partial charge is 0.228 e. The number of carbonyl (C=O) groups excluding carboxylic acids is 1. The van der Waals surface area contributed by atoms with Gasteiger partial charge in [-0.1, -0.05) is 11.6 Å². The molecule has 0 N–H and O–H groups in total. The predicted octanol–water partition coefficient (Wildman–Crippen LogP) is 2.44. The third-order valence-electron chi connectivity index (χ3n) is 6.55. The van der Waals surface area contributed by atoms with Crippen LogP contribution in [0, 0.1) is 0 Å². The molecule has 1 saturated carbocycles. The molecule has 1 amide bonds. The van der Waals surface area contributed by atoms with Crippen molar-refractivity contribution in [3.63, 3.8) is 0 Å². The van der Waals surface area contributed by atoms with Gasteiger partial charge in [0.05, 0.1) is 24.0 Å². The quantitative estimate of drug-likeness (QED) is 0.752. The van der Waals surface area contributed by atoms with Crippen molar-refractivity contribution in [2.24, 2.45) is 0 Å². The van der Waals surface area contributed by atoms with Crippen molar-refractivity contribution in [3.8, 4) is 11.4 Å². The number of nitrogens with zero attached hydrogens (tertiary/aromatic N) is 5. The standard InChI is InChI=1S/C22H29N5O2/c28-22(26-11-2-12-26)15-17-16-27(24-23-17)19-5-7-20(8-6-19)29-21-9-13-25(14-10-21)18-3-1-4-18/h5-8,16,18,21H,1-4,9-15H2. The number of carbonyl (C=O) groups is 1. The highest BCUT2D eigenvalue weighted by molar-refractivity contribution is 5.78. The Morgan fingerprint density at radius 2 is 1.76 bits per heavy atom. The first-order valence-corrected chi connectivity index (χ1v) is 10.9. The summed E-state index contributed by atoms with van der Waals surface area (Å²) in [5.41, 5.74) is 1.63. The Morgan fingerprint density at radius 1 is 1.00 bits per heavy atom. The molecule has 0 radical (unpaired) electrons. The lowest BCUT2D eigenvalue weighted by atomic mass is 9.90. The lowest BCUT2D eigenvalue weighted by Gasteiger charge is -2.41. The second-order valence-electron chi connectivity index (χ2n) is 8.50. The Bertz CT molecular complexity index is 833. The van der Waals surface area contributed by atoms with Gasteiger partial charge in [0.15, 0.2) is 0 Å². The van der Waals surface area contributed by atoms with Crippen molar-refractivity contribution in [1.82, 2.24) is 24.8 Å². The first-order valence-electron chi connectivity index (χ1n) is 10.9. The molecular formula is C22H29N5O2. The third-order valence-corrected chi connectivity index (χ3v) is 6.55. The number of hydrogen-bond acceptors (Lipinski definition) is 5. The number of piperidine rings is 1. The molecule has 1 aromatic carbocycles. The van der Waals surface area contributed by atoms with Crippen LogP contribution in [-0.2, 0) is 11.2 Å². The summed E-state index contributed by atoms with van der Waals surface area (Å²) in [6.07, 6.45) is 9.94. The van der Waals surface area contributed by atoms with Crippen molar-refractivity contribution in [2.75, 3.05) is 26.2 Å². The Balaban J connectivity index is 1.14. The van der Waals surface area contributed by atoms with Gasteiger partial charge in [-0.3, -0.25) is 4.79 Å². The second kappa shape index (κ2) is 8.14. The van der Waals surface area contributed by atoms with Crippen LogP contribution in [0.25, 0.3) is 5.69 Å². The maximum atomic E-state index is 12.1. The van der Waals surface area contributed by atoms with Gasteiger partial charge < -0.3 is 14.5 Å². The number of ether oxygens (including phenoxy) is 1. The van der Waals surface area contributed by atoms with Crippen molar-refractivity contribution >= 4 is 5.91 Å². The van der Waals surface area contributed by atoms with E-state index in [1.165, 1.54) is 19.3 Å². The van der Waals surface area contributed by atoms with E-state index in [0.29, 0.717) is 18.2 Å². The molecular weight excluding hydrogens is 366 g/mol. The molecule has 154 valence electrons. The van der Waals surface area contributed by atoms with Crippen LogP contribution >= 0.6 is 0 Å². The maximum absolute atomic E-state index is 12.1. The van der Waals surface area contributed by atoms with Crippen LogP contribution in [0.4, 0.5) is 0 Å². The van der Waals surface area contributed by atoms with Gasteiger partial charge in [0.2, 0.25) is 5.91 Å². The fourth-order valence-corrected chi connectivity index (χ4v) is 4.32. The van der Waals surface area contributed by atoms with Crippen LogP contribution in [0.1, 0.15) is 44.2 Å². The van der Waals surface area contributed by atoms with E-state index in [1.54, 1.807) is 4.68 Å². The summed E-state index contributed by atoms with van der Waals surface area (Å²) >= 11 is 0. The average molecular weight is 396 g/mol. The van der Waals surface area contributed by atoms with E-state index in [0.717, 1.165) is 62.9 Å². The fraction of sp³-hybridized carbons (Fsp3) is 0.591. The Hall–Kier alpha value is -2.41. The van der Waals surface area contributed by atoms with Crippen molar-refractivity contribution in [3.05, 3.63) is 36.2 Å². The van der Waals surface area contributed by atoms with Crippen LogP contribution in [0.3, 0.4) is 0 Å². The number of likely N-dealkylation sites (tertiary alicyclic amines) is 2. The van der Waals surface area contributed by atoms with E-state index < -0.39 is 0 Å². The molecule has 7 heteroatoms. The summed E-state index contributed by atoms with van der Waals surface area (Å²) in [6, 6.07) is 8.83. The first-order chi connectivity index (χ1) is 14.2. The Labute approximate surface area is 171 Å². The van der Waals surface area contributed by atoms with Crippen LogP contribution in [0.5, 0.6) is 5.75 Å². The van der Waals surface area contributed by atoms with Gasteiger partial charge in [-0.15, -0.1) is 5.10 Å². The molecule has 3 heterocycles. The zero-order chi connectivity index (χ0) is 19.6. The molecule has 7 nitrogen and oxygen atoms in total. The maximum Gasteiger partial charge on any atom is 0.228 e. The van der Waals surface area contributed by atoms with Gasteiger partial charge in [0.1, 0.15) is 11.9 Å². The number of rotatable bonds is 6. The summed E-state index contributed by atoms with van der Waals surface area (Å²) < 4.78 is 7.93. The van der Waals surface area contributed by atoms with E-state index in [9.17, 15) is 4.79 Å². The topological polar surface area (TPSA) is 63.5 Å². The normalized spacial score (nSPS) is 20.9. The molecule has 5 rings (SSSR count). The van der Waals surface area contributed by atoms with Gasteiger partial charge in [0, 0.05) is 32.2 Å². The van der Waals surface area contributed by atoms with Gasteiger partial charge in [0.25, 0.3) is 0 Å². The monoisotopic (exact) mass is 395 g/mol. The fourth-order valence-electron chi connectivity index (χ4n) is 4.32. The van der Waals surface area contributed by atoms with Gasteiger partial charge >= 0.3 is 0 Å². The SMILES string of the molecule is O=C(Cc1cn(-c2ccc(OC3CCN(C4CCC4)CC3)cc2)nn1)N1CCC1. The molecule has 3 aliphatic rings. The summed E-state index contributed by atoms with van der Waals surface area (Å²) in [7, 11) is 0. The largest absolute Gasteiger partial charge is 0.490 e. The lowest BCUT2D eigenvalue weighted by molar-refractivity contribution is -0.133. The predicted molar refractivity (Wildman–Crippen MR) is 109 cm³/mol. The highest BCUT2D eigenvalue weighted by atomic mass is 16.5. The number of aromatic nitrogens is 3. The Morgan fingerprint density at radius 3 is 2.38 bits per heavy atom. The Kier molecular flexibility index (Phi) is 5.23. The molecule has 1 aromatic heterocycles. The highest BCUT2D eigenvalue weighted by Crippen LogP contribution is 2.28. The molecule has 1 aliphatic carbocycles. The molecule has 0 atom stereocenters. The molecule has 0 spiro atoms. The van der Waals surface area contributed by atoms with E-state index >= 15 is 0 Å². The van der Waals surface area contributed by atoms with E-state index in [1.807, 2.05) is 35.4 Å². The minimum absolute atomic E-state index is 0.135. The van der Waals surface area contributed by atoms with E-state index in [-0.39, 0.29) is 5.91 Å². The molecule has 0 unspecified atom stereocenters. The minimum atomic E-state index is 0.135. The van der Waals surface area contributed by atoms with Gasteiger partial charge in [-0.25, -0.2) is 4.68 Å². The van der Waals surface area contributed by atoms with Crippen LogP contribution < -0.4 is 4.74 Å². The number of amides is 1. The van der Waals surface area contributed by atoms with Crippen LogP contribution in [0.2, 0.25) is 0 Å². The molecule has 2 aromatic rings. The summed E-state index contributed by atoms with van der Waals surface area (Å²) in [6.45, 7) is 4.05. The highest BCUT2D eigenvalue weighted by Gasteiger charge is 2.29. The number of hydrogen-bond donors (Lipinski definition) is 0. The van der Waals surface area contributed by atoms with Crippen molar-refractivity contribution in [2.45, 2.75) is 57.1 Å². The minimum Gasteiger partial charge on any atom is -0.490 e. The van der Waals surface area contributed by atoms with Gasteiger partial charge in [-0.05, 0) is 56.4 Å². The van der Waals surface area contributed by atoms with Gasteiger partial charge in [-0.2, -0.15) is 0 Å². The summed E-state index contributed by atoms with van der Waals surface area (Å²) in [4.78, 5) is 16.6. The third kappa shape index (κ3) is 4.15. The van der Waals surface area contributed by atoms with Crippen LogP contribution in [-0.4, -0.2) is 69.0 Å². The van der Waals surface area contributed by atoms with Crippen molar-refractivity contribution in [1.29, 1.82) is 0 Å². The lowest BCUT2D eigenvalue weighted by Crippen LogP contribution is -2.46.